The molecule has 0 saturated carbocycles. The lowest BCUT2D eigenvalue weighted by Crippen LogP contribution is -2.04. The molecule has 116 valence electrons. The zero-order valence-electron chi connectivity index (χ0n) is 12.1. The summed E-state index contributed by atoms with van der Waals surface area (Å²) in [5.41, 5.74) is 0.760. The van der Waals surface area contributed by atoms with Crippen LogP contribution in [0.25, 0.3) is 10.2 Å². The molecular formula is C12H13N5O2S3. The summed E-state index contributed by atoms with van der Waals surface area (Å²) in [6, 6.07) is 5.07. The topological polar surface area (TPSA) is 90.6 Å². The Balaban J connectivity index is 1.91. The first-order valence-corrected chi connectivity index (χ1v) is 9.93. The monoisotopic (exact) mass is 355 g/mol. The maximum Gasteiger partial charge on any atom is 0.238 e. The predicted molar refractivity (Wildman–Crippen MR) is 85.1 cm³/mol. The predicted octanol–water partition coefficient (Wildman–Crippen LogP) is 2.42. The van der Waals surface area contributed by atoms with E-state index in [9.17, 15) is 8.42 Å². The molecule has 0 aliphatic carbocycles. The molecule has 1 aromatic carbocycles. The van der Waals surface area contributed by atoms with Crippen molar-refractivity contribution in [1.29, 1.82) is 0 Å². The Hall–Kier alpha value is -1.52. The quantitative estimate of drug-likeness (QED) is 0.710. The van der Waals surface area contributed by atoms with Crippen molar-refractivity contribution < 1.29 is 8.42 Å². The molecule has 7 nitrogen and oxygen atoms in total. The van der Waals surface area contributed by atoms with Crippen LogP contribution in [-0.4, -0.2) is 39.9 Å². The molecule has 0 aliphatic rings. The van der Waals surface area contributed by atoms with E-state index in [2.05, 4.69) is 20.4 Å². The fourth-order valence-electron chi connectivity index (χ4n) is 1.71. The van der Waals surface area contributed by atoms with Crippen LogP contribution in [0.15, 0.2) is 32.6 Å². The second-order valence-corrected chi connectivity index (χ2v) is 9.23. The van der Waals surface area contributed by atoms with Gasteiger partial charge in [-0.1, -0.05) is 0 Å². The molecule has 0 amide bonds. The number of aromatic nitrogens is 5. The molecule has 0 atom stereocenters. The number of tetrazole rings is 1. The first-order chi connectivity index (χ1) is 10.3. The van der Waals surface area contributed by atoms with Gasteiger partial charge in [0.25, 0.3) is 0 Å². The van der Waals surface area contributed by atoms with Crippen molar-refractivity contribution in [3.63, 3.8) is 0 Å². The van der Waals surface area contributed by atoms with E-state index < -0.39 is 9.84 Å². The van der Waals surface area contributed by atoms with Gasteiger partial charge in [0.15, 0.2) is 14.2 Å². The normalized spacial score (nSPS) is 12.4. The molecule has 3 rings (SSSR count). The van der Waals surface area contributed by atoms with Crippen LogP contribution >= 0.6 is 23.1 Å². The van der Waals surface area contributed by atoms with Crippen LogP contribution in [0.5, 0.6) is 0 Å². The number of thiazole rings is 1. The van der Waals surface area contributed by atoms with E-state index in [1.165, 1.54) is 34.2 Å². The molecule has 0 N–H and O–H groups in total. The van der Waals surface area contributed by atoms with Gasteiger partial charge in [-0.15, -0.1) is 21.5 Å². The minimum Gasteiger partial charge on any atom is -0.229 e. The minimum absolute atomic E-state index is 0.148. The van der Waals surface area contributed by atoms with E-state index in [1.54, 1.807) is 18.2 Å². The lowest BCUT2D eigenvalue weighted by Gasteiger charge is -1.98. The van der Waals surface area contributed by atoms with E-state index in [0.717, 1.165) is 14.6 Å². The van der Waals surface area contributed by atoms with Gasteiger partial charge >= 0.3 is 0 Å². The van der Waals surface area contributed by atoms with Crippen molar-refractivity contribution in [2.45, 2.75) is 34.3 Å². The van der Waals surface area contributed by atoms with E-state index in [0.29, 0.717) is 10.1 Å². The van der Waals surface area contributed by atoms with Gasteiger partial charge in [0.2, 0.25) is 5.16 Å². The van der Waals surface area contributed by atoms with Crippen LogP contribution in [0.3, 0.4) is 0 Å². The summed E-state index contributed by atoms with van der Waals surface area (Å²) in [4.78, 5) is 6.29. The third-order valence-corrected chi connectivity index (χ3v) is 5.85. The second-order valence-electron chi connectivity index (χ2n) is 4.97. The maximum atomic E-state index is 11.6. The van der Waals surface area contributed by atoms with Crippen LogP contribution < -0.4 is 0 Å². The number of benzene rings is 1. The van der Waals surface area contributed by atoms with Crippen LogP contribution in [-0.2, 0) is 9.84 Å². The number of hydrogen-bond donors (Lipinski definition) is 0. The number of nitrogens with zero attached hydrogens (tertiary/aromatic N) is 5. The summed E-state index contributed by atoms with van der Waals surface area (Å²) in [6.45, 7) is 3.95. The molecular weight excluding hydrogens is 342 g/mol. The van der Waals surface area contributed by atoms with E-state index in [1.807, 2.05) is 13.8 Å². The van der Waals surface area contributed by atoms with Gasteiger partial charge < -0.3 is 0 Å². The van der Waals surface area contributed by atoms with E-state index in [-0.39, 0.29) is 6.04 Å². The molecule has 2 heterocycles. The third kappa shape index (κ3) is 3.13. The van der Waals surface area contributed by atoms with Gasteiger partial charge in [0, 0.05) is 6.26 Å². The van der Waals surface area contributed by atoms with Crippen molar-refractivity contribution >= 4 is 43.2 Å². The fourth-order valence-corrected chi connectivity index (χ4v) is 4.33. The maximum absolute atomic E-state index is 11.6. The van der Waals surface area contributed by atoms with Gasteiger partial charge in [-0.25, -0.2) is 13.4 Å². The Morgan fingerprint density at radius 1 is 1.32 bits per heavy atom. The van der Waals surface area contributed by atoms with Gasteiger partial charge in [-0.3, -0.25) is 0 Å². The molecule has 2 aromatic heterocycles. The van der Waals surface area contributed by atoms with Crippen molar-refractivity contribution in [3.8, 4) is 0 Å². The SMILES string of the molecule is CC(C)n1nnc(Sc2nc3ccc(S(C)(=O)=O)cc3s2)n1. The molecule has 0 aliphatic heterocycles. The Morgan fingerprint density at radius 3 is 2.73 bits per heavy atom. The number of sulfone groups is 1. The fraction of sp³-hybridized carbons (Fsp3) is 0.333. The Kier molecular flexibility index (Phi) is 3.91. The molecule has 0 spiro atoms. The highest BCUT2D eigenvalue weighted by Crippen LogP contribution is 2.33. The zero-order chi connectivity index (χ0) is 15.9. The average molecular weight is 355 g/mol. The number of hydrogen-bond acceptors (Lipinski definition) is 8. The van der Waals surface area contributed by atoms with Gasteiger partial charge in [-0.2, -0.15) is 4.80 Å². The average Bonchev–Trinajstić information content (AvgIpc) is 3.03. The van der Waals surface area contributed by atoms with Crippen molar-refractivity contribution in [1.82, 2.24) is 25.2 Å². The molecule has 0 saturated heterocycles. The largest absolute Gasteiger partial charge is 0.238 e. The first kappa shape index (κ1) is 15.4. The summed E-state index contributed by atoms with van der Waals surface area (Å²) < 4.78 is 24.8. The van der Waals surface area contributed by atoms with Crippen LogP contribution in [0.2, 0.25) is 0 Å². The van der Waals surface area contributed by atoms with Crippen molar-refractivity contribution in [3.05, 3.63) is 18.2 Å². The van der Waals surface area contributed by atoms with Crippen LogP contribution in [0, 0.1) is 0 Å². The zero-order valence-corrected chi connectivity index (χ0v) is 14.5. The first-order valence-electron chi connectivity index (χ1n) is 6.41. The summed E-state index contributed by atoms with van der Waals surface area (Å²) >= 11 is 2.73. The molecule has 3 aromatic rings. The molecule has 22 heavy (non-hydrogen) atoms. The highest BCUT2D eigenvalue weighted by atomic mass is 32.2. The molecule has 10 heteroatoms. The number of rotatable bonds is 4. The van der Waals surface area contributed by atoms with Gasteiger partial charge in [0.05, 0.1) is 21.2 Å². The molecule has 0 unspecified atom stereocenters. The highest BCUT2D eigenvalue weighted by Gasteiger charge is 2.13. The summed E-state index contributed by atoms with van der Waals surface area (Å²) in [6.07, 6.45) is 1.19. The Bertz CT molecular complexity index is 929. The molecule has 0 fully saturated rings. The van der Waals surface area contributed by atoms with Gasteiger partial charge in [0.1, 0.15) is 0 Å². The van der Waals surface area contributed by atoms with Crippen LogP contribution in [0.4, 0.5) is 0 Å². The minimum atomic E-state index is -3.22. The summed E-state index contributed by atoms with van der Waals surface area (Å²) in [7, 11) is -3.22. The van der Waals surface area contributed by atoms with Gasteiger partial charge in [-0.05, 0) is 49.0 Å². The second kappa shape index (κ2) is 5.60. The summed E-state index contributed by atoms with van der Waals surface area (Å²) in [5.74, 6) is 0. The lowest BCUT2D eigenvalue weighted by molar-refractivity contribution is 0.452. The highest BCUT2D eigenvalue weighted by molar-refractivity contribution is 8.01. The third-order valence-electron chi connectivity index (χ3n) is 2.82. The van der Waals surface area contributed by atoms with E-state index >= 15 is 0 Å². The molecule has 0 bridgehead atoms. The number of fused-ring (bicyclic) bond motifs is 1. The van der Waals surface area contributed by atoms with E-state index in [4.69, 9.17) is 0 Å². The summed E-state index contributed by atoms with van der Waals surface area (Å²) in [5, 5.41) is 12.7. The smallest absolute Gasteiger partial charge is 0.229 e. The lowest BCUT2D eigenvalue weighted by atomic mass is 10.3. The van der Waals surface area contributed by atoms with Crippen molar-refractivity contribution in [2.75, 3.05) is 6.26 Å². The molecule has 0 radical (unpaired) electrons. The van der Waals surface area contributed by atoms with Crippen LogP contribution in [0.1, 0.15) is 19.9 Å². The Morgan fingerprint density at radius 2 is 2.09 bits per heavy atom. The Labute approximate surface area is 135 Å². The van der Waals surface area contributed by atoms with Crippen molar-refractivity contribution in [2.24, 2.45) is 0 Å². The standard InChI is InChI=1S/C12H13N5O2S3/c1-7(2)17-15-11(14-16-17)21-12-13-9-5-4-8(22(3,18)19)6-10(9)20-12/h4-7H,1-3H3.